The summed E-state index contributed by atoms with van der Waals surface area (Å²) in [5.41, 5.74) is 2.90. The highest BCUT2D eigenvalue weighted by Gasteiger charge is 2.11. The van der Waals surface area contributed by atoms with Crippen molar-refractivity contribution < 1.29 is 14.4 Å². The van der Waals surface area contributed by atoms with Crippen molar-refractivity contribution in [3.8, 4) is 22.8 Å². The molecular formula is C16H12N2O3. The van der Waals surface area contributed by atoms with Crippen LogP contribution in [-0.2, 0) is 0 Å². The third-order valence-corrected chi connectivity index (χ3v) is 3.08. The van der Waals surface area contributed by atoms with Crippen LogP contribution in [-0.4, -0.2) is 21.2 Å². The van der Waals surface area contributed by atoms with E-state index < -0.39 is 5.97 Å². The van der Waals surface area contributed by atoms with Gasteiger partial charge in [0.1, 0.15) is 0 Å². The van der Waals surface area contributed by atoms with Crippen LogP contribution in [0.5, 0.6) is 0 Å². The Bertz CT molecular complexity index is 791. The molecule has 0 saturated carbocycles. The predicted octanol–water partition coefficient (Wildman–Crippen LogP) is 3.41. The maximum atomic E-state index is 10.8. The van der Waals surface area contributed by atoms with Crippen molar-refractivity contribution in [3.63, 3.8) is 0 Å². The number of carboxylic acids is 1. The van der Waals surface area contributed by atoms with E-state index in [0.29, 0.717) is 17.3 Å². The lowest BCUT2D eigenvalue weighted by molar-refractivity contribution is 0.0697. The van der Waals surface area contributed by atoms with Gasteiger partial charge in [0.05, 0.1) is 5.56 Å². The van der Waals surface area contributed by atoms with Gasteiger partial charge in [0.25, 0.3) is 5.89 Å². The Morgan fingerprint density at radius 3 is 2.52 bits per heavy atom. The van der Waals surface area contributed by atoms with Crippen molar-refractivity contribution in [2.45, 2.75) is 6.92 Å². The van der Waals surface area contributed by atoms with E-state index in [9.17, 15) is 4.79 Å². The van der Waals surface area contributed by atoms with Crippen LogP contribution in [0.1, 0.15) is 15.9 Å². The topological polar surface area (TPSA) is 76.2 Å². The molecule has 0 atom stereocenters. The molecule has 0 unspecified atom stereocenters. The Labute approximate surface area is 120 Å². The first-order valence-electron chi connectivity index (χ1n) is 6.38. The first kappa shape index (κ1) is 13.1. The van der Waals surface area contributed by atoms with Gasteiger partial charge < -0.3 is 9.63 Å². The van der Waals surface area contributed by atoms with Crippen molar-refractivity contribution in [1.82, 2.24) is 10.1 Å². The number of nitrogens with zero attached hydrogens (tertiary/aromatic N) is 2. The second kappa shape index (κ2) is 5.20. The van der Waals surface area contributed by atoms with Gasteiger partial charge in [0.2, 0.25) is 5.82 Å². The van der Waals surface area contributed by atoms with Gasteiger partial charge in [-0.2, -0.15) is 4.98 Å². The maximum absolute atomic E-state index is 10.8. The summed E-state index contributed by atoms with van der Waals surface area (Å²) in [4.78, 5) is 15.2. The molecular weight excluding hydrogens is 268 g/mol. The molecule has 0 aliphatic heterocycles. The first-order valence-corrected chi connectivity index (χ1v) is 6.38. The summed E-state index contributed by atoms with van der Waals surface area (Å²) in [6.45, 7) is 2.00. The Kier molecular flexibility index (Phi) is 3.23. The van der Waals surface area contributed by atoms with Gasteiger partial charge >= 0.3 is 5.97 Å². The smallest absolute Gasteiger partial charge is 0.335 e. The minimum Gasteiger partial charge on any atom is -0.478 e. The van der Waals surface area contributed by atoms with Crippen molar-refractivity contribution >= 4 is 5.97 Å². The van der Waals surface area contributed by atoms with Gasteiger partial charge in [-0.05, 0) is 37.3 Å². The normalized spacial score (nSPS) is 10.5. The zero-order valence-corrected chi connectivity index (χ0v) is 11.3. The Balaban J connectivity index is 1.93. The summed E-state index contributed by atoms with van der Waals surface area (Å²) >= 11 is 0. The van der Waals surface area contributed by atoms with Gasteiger partial charge in [0, 0.05) is 11.1 Å². The summed E-state index contributed by atoms with van der Waals surface area (Å²) in [7, 11) is 0. The van der Waals surface area contributed by atoms with Gasteiger partial charge in [-0.3, -0.25) is 0 Å². The van der Waals surface area contributed by atoms with Crippen molar-refractivity contribution in [3.05, 3.63) is 59.7 Å². The summed E-state index contributed by atoms with van der Waals surface area (Å²) in [5.74, 6) is -0.0908. The van der Waals surface area contributed by atoms with Crippen LogP contribution < -0.4 is 0 Å². The largest absolute Gasteiger partial charge is 0.478 e. The van der Waals surface area contributed by atoms with Crippen molar-refractivity contribution in [2.24, 2.45) is 0 Å². The molecule has 1 aromatic heterocycles. The molecule has 0 saturated heterocycles. The molecule has 0 amide bonds. The maximum Gasteiger partial charge on any atom is 0.335 e. The predicted molar refractivity (Wildman–Crippen MR) is 76.9 cm³/mol. The van der Waals surface area contributed by atoms with Crippen LogP contribution in [0.2, 0.25) is 0 Å². The molecule has 21 heavy (non-hydrogen) atoms. The number of rotatable bonds is 3. The third-order valence-electron chi connectivity index (χ3n) is 3.08. The number of hydrogen-bond acceptors (Lipinski definition) is 4. The highest BCUT2D eigenvalue weighted by Crippen LogP contribution is 2.23. The first-order chi connectivity index (χ1) is 10.1. The van der Waals surface area contributed by atoms with E-state index in [2.05, 4.69) is 10.1 Å². The highest BCUT2D eigenvalue weighted by atomic mass is 16.5. The van der Waals surface area contributed by atoms with E-state index in [-0.39, 0.29) is 5.56 Å². The lowest BCUT2D eigenvalue weighted by Crippen LogP contribution is -1.94. The molecule has 0 fully saturated rings. The Morgan fingerprint density at radius 2 is 1.86 bits per heavy atom. The minimum absolute atomic E-state index is 0.220. The molecule has 1 N–H and O–H groups in total. The number of aromatic nitrogens is 2. The monoisotopic (exact) mass is 280 g/mol. The van der Waals surface area contributed by atoms with Crippen LogP contribution in [0.4, 0.5) is 0 Å². The quantitative estimate of drug-likeness (QED) is 0.795. The van der Waals surface area contributed by atoms with E-state index in [4.69, 9.17) is 9.63 Å². The van der Waals surface area contributed by atoms with Crippen LogP contribution >= 0.6 is 0 Å². The molecule has 0 bridgehead atoms. The molecule has 2 aromatic carbocycles. The Hall–Kier alpha value is -2.95. The number of carboxylic acid groups (broad SMARTS) is 1. The molecule has 0 spiro atoms. The van der Waals surface area contributed by atoms with Crippen LogP contribution in [0.15, 0.2) is 53.1 Å². The molecule has 5 nitrogen and oxygen atoms in total. The molecule has 0 aliphatic rings. The van der Waals surface area contributed by atoms with Gasteiger partial charge in [-0.25, -0.2) is 4.79 Å². The van der Waals surface area contributed by atoms with Crippen molar-refractivity contribution in [1.29, 1.82) is 0 Å². The Morgan fingerprint density at radius 1 is 1.10 bits per heavy atom. The summed E-state index contributed by atoms with van der Waals surface area (Å²) < 4.78 is 5.24. The van der Waals surface area contributed by atoms with Crippen LogP contribution in [0.3, 0.4) is 0 Å². The number of benzene rings is 2. The fourth-order valence-corrected chi connectivity index (χ4v) is 2.00. The standard InChI is InChI=1S/C16H12N2O3/c1-10-3-2-4-13(9-10)14-17-15(21-18-14)11-5-7-12(8-6-11)16(19)20/h2-9H,1H3,(H,19,20). The van der Waals surface area contributed by atoms with E-state index in [1.807, 2.05) is 31.2 Å². The zero-order valence-electron chi connectivity index (χ0n) is 11.3. The number of carbonyl (C=O) groups is 1. The minimum atomic E-state index is -0.965. The van der Waals surface area contributed by atoms with Gasteiger partial charge in [0.15, 0.2) is 0 Å². The highest BCUT2D eigenvalue weighted by molar-refractivity contribution is 5.88. The number of aromatic carboxylic acids is 1. The molecule has 104 valence electrons. The van der Waals surface area contributed by atoms with Gasteiger partial charge in [-0.15, -0.1) is 0 Å². The fourth-order valence-electron chi connectivity index (χ4n) is 2.00. The van der Waals surface area contributed by atoms with Gasteiger partial charge in [-0.1, -0.05) is 28.9 Å². The molecule has 3 aromatic rings. The average Bonchev–Trinajstić information content (AvgIpc) is 2.97. The summed E-state index contributed by atoms with van der Waals surface area (Å²) in [6.07, 6.45) is 0. The van der Waals surface area contributed by atoms with Crippen molar-refractivity contribution in [2.75, 3.05) is 0 Å². The van der Waals surface area contributed by atoms with Crippen LogP contribution in [0, 0.1) is 6.92 Å². The van der Waals surface area contributed by atoms with E-state index >= 15 is 0 Å². The molecule has 0 aliphatic carbocycles. The summed E-state index contributed by atoms with van der Waals surface area (Å²) in [5, 5.41) is 12.8. The van der Waals surface area contributed by atoms with E-state index in [1.165, 1.54) is 12.1 Å². The lowest BCUT2D eigenvalue weighted by Gasteiger charge is -1.96. The summed E-state index contributed by atoms with van der Waals surface area (Å²) in [6, 6.07) is 14.1. The molecule has 5 heteroatoms. The van der Waals surface area contributed by atoms with E-state index in [1.54, 1.807) is 12.1 Å². The van der Waals surface area contributed by atoms with E-state index in [0.717, 1.165) is 11.1 Å². The SMILES string of the molecule is Cc1cccc(-c2noc(-c3ccc(C(=O)O)cc3)n2)c1. The molecule has 3 rings (SSSR count). The second-order valence-electron chi connectivity index (χ2n) is 4.68. The lowest BCUT2D eigenvalue weighted by atomic mass is 10.1. The number of hydrogen-bond donors (Lipinski definition) is 1. The van der Waals surface area contributed by atoms with Crippen LogP contribution in [0.25, 0.3) is 22.8 Å². The molecule has 1 heterocycles. The average molecular weight is 280 g/mol. The zero-order chi connectivity index (χ0) is 14.8. The second-order valence-corrected chi connectivity index (χ2v) is 4.68. The fraction of sp³-hybridized carbons (Fsp3) is 0.0625. The molecule has 0 radical (unpaired) electrons. The number of aryl methyl sites for hydroxylation is 1. The third kappa shape index (κ3) is 2.67.